The molecule has 0 fully saturated rings. The second kappa shape index (κ2) is 13.5. The third-order valence-electron chi connectivity index (χ3n) is 6.70. The van der Waals surface area contributed by atoms with Crippen LogP contribution in [0.2, 0.25) is 5.02 Å². The van der Waals surface area contributed by atoms with E-state index in [0.29, 0.717) is 22.1 Å². The van der Waals surface area contributed by atoms with Crippen molar-refractivity contribution in [3.8, 4) is 11.5 Å². The Morgan fingerprint density at radius 3 is 2.07 bits per heavy atom. The smallest absolute Gasteiger partial charge is 0.264 e. The van der Waals surface area contributed by atoms with Crippen LogP contribution in [0, 0.1) is 6.92 Å². The van der Waals surface area contributed by atoms with Gasteiger partial charge in [0.25, 0.3) is 10.0 Å². The molecule has 0 radical (unpaired) electrons. The van der Waals surface area contributed by atoms with Gasteiger partial charge in [-0.2, -0.15) is 0 Å². The van der Waals surface area contributed by atoms with E-state index in [4.69, 9.17) is 16.3 Å². The third kappa shape index (κ3) is 7.29. The highest BCUT2D eigenvalue weighted by atomic mass is 35.5. The summed E-state index contributed by atoms with van der Waals surface area (Å²) in [5, 5.41) is 2.99. The molecule has 1 N–H and O–H groups in total. The number of ether oxygens (including phenoxy) is 1. The number of likely N-dealkylation sites (N-methyl/N-ethyl adjacent to an activating group) is 1. The molecule has 0 aliphatic heterocycles. The van der Waals surface area contributed by atoms with Gasteiger partial charge >= 0.3 is 0 Å². The first kappa shape index (κ1) is 30.6. The molecule has 42 heavy (non-hydrogen) atoms. The fraction of sp³-hybridized carbons (Fsp3) is 0.188. The summed E-state index contributed by atoms with van der Waals surface area (Å²) >= 11 is 6.37. The summed E-state index contributed by atoms with van der Waals surface area (Å²) in [7, 11) is -2.71. The van der Waals surface area contributed by atoms with Crippen molar-refractivity contribution < 1.29 is 22.7 Å². The van der Waals surface area contributed by atoms with E-state index in [9.17, 15) is 18.0 Å². The summed E-state index contributed by atoms with van der Waals surface area (Å²) in [5.41, 5.74) is 1.78. The van der Waals surface area contributed by atoms with Crippen LogP contribution in [0.25, 0.3) is 0 Å². The van der Waals surface area contributed by atoms with Crippen molar-refractivity contribution in [3.63, 3.8) is 0 Å². The number of hydrogen-bond donors (Lipinski definition) is 1. The Kier molecular flexibility index (Phi) is 9.88. The minimum absolute atomic E-state index is 0.00929. The van der Waals surface area contributed by atoms with Crippen molar-refractivity contribution in [1.29, 1.82) is 0 Å². The number of aryl methyl sites for hydroxylation is 1. The molecule has 0 bridgehead atoms. The molecule has 0 aliphatic carbocycles. The Labute approximate surface area is 251 Å². The van der Waals surface area contributed by atoms with Gasteiger partial charge in [0.05, 0.1) is 10.6 Å². The van der Waals surface area contributed by atoms with Crippen LogP contribution in [0.3, 0.4) is 0 Å². The van der Waals surface area contributed by atoms with Crippen LogP contribution in [-0.4, -0.2) is 44.8 Å². The second-order valence-corrected chi connectivity index (χ2v) is 11.9. The first-order chi connectivity index (χ1) is 20.1. The molecule has 0 aromatic heterocycles. The van der Waals surface area contributed by atoms with Gasteiger partial charge in [0.1, 0.15) is 24.1 Å². The normalized spacial score (nSPS) is 11.8. The van der Waals surface area contributed by atoms with E-state index in [1.807, 2.05) is 37.3 Å². The topological polar surface area (TPSA) is 96.0 Å². The molecule has 10 heteroatoms. The molecule has 0 heterocycles. The van der Waals surface area contributed by atoms with Crippen LogP contribution in [0.5, 0.6) is 11.5 Å². The molecule has 218 valence electrons. The van der Waals surface area contributed by atoms with Crippen LogP contribution in [0.4, 0.5) is 5.69 Å². The largest absolute Gasteiger partial charge is 0.457 e. The fourth-order valence-electron chi connectivity index (χ4n) is 4.27. The van der Waals surface area contributed by atoms with E-state index in [2.05, 4.69) is 5.32 Å². The first-order valence-electron chi connectivity index (χ1n) is 13.3. The van der Waals surface area contributed by atoms with Crippen LogP contribution in [-0.2, 0) is 26.2 Å². The molecule has 2 amide bonds. The summed E-state index contributed by atoms with van der Waals surface area (Å²) in [5.74, 6) is 0.151. The molecular formula is C32H32ClN3O5S. The highest BCUT2D eigenvalue weighted by molar-refractivity contribution is 7.92. The third-order valence-corrected chi connectivity index (χ3v) is 8.86. The summed E-state index contributed by atoms with van der Waals surface area (Å²) < 4.78 is 34.9. The van der Waals surface area contributed by atoms with Crippen LogP contribution >= 0.6 is 11.6 Å². The number of nitrogens with zero attached hydrogens (tertiary/aromatic N) is 2. The Morgan fingerprint density at radius 2 is 1.45 bits per heavy atom. The number of benzene rings is 4. The average Bonchev–Trinajstić information content (AvgIpc) is 2.99. The molecule has 0 aliphatic rings. The number of anilines is 1. The van der Waals surface area contributed by atoms with Gasteiger partial charge in [-0.15, -0.1) is 0 Å². The van der Waals surface area contributed by atoms with E-state index < -0.39 is 34.4 Å². The quantitative estimate of drug-likeness (QED) is 0.233. The number of hydrogen-bond acceptors (Lipinski definition) is 5. The minimum Gasteiger partial charge on any atom is -0.457 e. The van der Waals surface area contributed by atoms with Gasteiger partial charge in [-0.1, -0.05) is 65.7 Å². The van der Waals surface area contributed by atoms with E-state index in [0.717, 1.165) is 9.87 Å². The number of carbonyl (C=O) groups excluding carboxylic acids is 2. The number of sulfonamides is 1. The summed E-state index contributed by atoms with van der Waals surface area (Å²) in [6.07, 6.45) is 0. The Balaban J connectivity index is 1.71. The van der Waals surface area contributed by atoms with Gasteiger partial charge < -0.3 is 15.0 Å². The molecule has 4 aromatic carbocycles. The van der Waals surface area contributed by atoms with Gasteiger partial charge in [-0.05, 0) is 74.0 Å². The van der Waals surface area contributed by atoms with Crippen molar-refractivity contribution in [2.24, 2.45) is 0 Å². The first-order valence-corrected chi connectivity index (χ1v) is 15.1. The molecule has 8 nitrogen and oxygen atoms in total. The van der Waals surface area contributed by atoms with E-state index in [1.54, 1.807) is 67.6 Å². The zero-order valence-corrected chi connectivity index (χ0v) is 25.1. The van der Waals surface area contributed by atoms with Gasteiger partial charge in [0.15, 0.2) is 0 Å². The van der Waals surface area contributed by atoms with Crippen molar-refractivity contribution >= 4 is 39.1 Å². The zero-order chi connectivity index (χ0) is 30.3. The summed E-state index contributed by atoms with van der Waals surface area (Å²) in [6.45, 7) is 2.90. The lowest BCUT2D eigenvalue weighted by Crippen LogP contribution is -2.50. The monoisotopic (exact) mass is 605 g/mol. The van der Waals surface area contributed by atoms with Crippen molar-refractivity contribution in [1.82, 2.24) is 10.2 Å². The maximum Gasteiger partial charge on any atom is 0.264 e. The number of amides is 2. The highest BCUT2D eigenvalue weighted by Gasteiger charge is 2.32. The van der Waals surface area contributed by atoms with Crippen molar-refractivity contribution in [2.75, 3.05) is 17.9 Å². The van der Waals surface area contributed by atoms with Crippen LogP contribution in [0.1, 0.15) is 18.1 Å². The predicted octanol–water partition coefficient (Wildman–Crippen LogP) is 5.80. The predicted molar refractivity (Wildman–Crippen MR) is 164 cm³/mol. The van der Waals surface area contributed by atoms with E-state index >= 15 is 0 Å². The van der Waals surface area contributed by atoms with Crippen molar-refractivity contribution in [2.45, 2.75) is 31.3 Å². The van der Waals surface area contributed by atoms with Gasteiger partial charge in [-0.3, -0.25) is 13.9 Å². The molecule has 4 rings (SSSR count). The Hall–Kier alpha value is -4.34. The zero-order valence-electron chi connectivity index (χ0n) is 23.5. The maximum absolute atomic E-state index is 14.0. The molecule has 0 unspecified atom stereocenters. The van der Waals surface area contributed by atoms with Gasteiger partial charge in [0.2, 0.25) is 11.8 Å². The summed E-state index contributed by atoms with van der Waals surface area (Å²) in [4.78, 5) is 27.9. The number of carbonyl (C=O) groups is 2. The van der Waals surface area contributed by atoms with E-state index in [1.165, 1.54) is 24.1 Å². The fourth-order valence-corrected chi connectivity index (χ4v) is 5.88. The van der Waals surface area contributed by atoms with Crippen LogP contribution < -0.4 is 14.4 Å². The standard InChI is InChI=1S/C32H32ClN3O5S/c1-23-13-19-29(20-14-23)42(39,40)36(26-15-17-28(18-16-26)41-27-10-5-4-6-11-27)22-31(37)35(24(2)32(38)34-3)21-25-9-7-8-12-30(25)33/h4-20,24H,21-22H2,1-3H3,(H,34,38)/t24-/m1/s1. The lowest BCUT2D eigenvalue weighted by atomic mass is 10.1. The lowest BCUT2D eigenvalue weighted by Gasteiger charge is -2.32. The SMILES string of the molecule is CNC(=O)[C@@H](C)N(Cc1ccccc1Cl)C(=O)CN(c1ccc(Oc2ccccc2)cc1)S(=O)(=O)c1ccc(C)cc1. The molecule has 0 saturated heterocycles. The van der Waals surface area contributed by atoms with Gasteiger partial charge in [-0.25, -0.2) is 8.42 Å². The highest BCUT2D eigenvalue weighted by Crippen LogP contribution is 2.29. The van der Waals surface area contributed by atoms with Crippen molar-refractivity contribution in [3.05, 3.63) is 119 Å². The molecular weight excluding hydrogens is 574 g/mol. The second-order valence-electron chi connectivity index (χ2n) is 9.64. The molecule has 4 aromatic rings. The average molecular weight is 606 g/mol. The Bertz CT molecular complexity index is 1630. The molecule has 1 atom stereocenters. The van der Waals surface area contributed by atoms with E-state index in [-0.39, 0.29) is 17.1 Å². The lowest BCUT2D eigenvalue weighted by molar-refractivity contribution is -0.139. The minimum atomic E-state index is -4.19. The number of nitrogens with one attached hydrogen (secondary N) is 1. The molecule has 0 saturated carbocycles. The molecule has 0 spiro atoms. The van der Waals surface area contributed by atoms with Gasteiger partial charge in [0, 0.05) is 18.6 Å². The number of rotatable bonds is 11. The number of para-hydroxylation sites is 1. The summed E-state index contributed by atoms with van der Waals surface area (Å²) in [6, 6.07) is 28.1. The maximum atomic E-state index is 14.0. The number of halogens is 1. The van der Waals surface area contributed by atoms with Crippen LogP contribution in [0.15, 0.2) is 108 Å². The Morgan fingerprint density at radius 1 is 0.857 bits per heavy atom.